The van der Waals surface area contributed by atoms with Gasteiger partial charge in [-0.05, 0) is 23.5 Å². The largest absolute Gasteiger partial charge is 0.351 e. The highest BCUT2D eigenvalue weighted by Crippen LogP contribution is 2.25. The van der Waals surface area contributed by atoms with Gasteiger partial charge < -0.3 is 14.7 Å². The van der Waals surface area contributed by atoms with E-state index in [1.165, 1.54) is 5.56 Å². The number of nitrogens with one attached hydrogen (secondary N) is 1. The number of piperazine rings is 1. The van der Waals surface area contributed by atoms with Crippen LogP contribution in [-0.2, 0) is 6.42 Å². The Morgan fingerprint density at radius 1 is 1.36 bits per heavy atom. The molecule has 0 aliphatic carbocycles. The molecule has 1 N–H and O–H groups in total. The fourth-order valence-corrected chi connectivity index (χ4v) is 3.02. The Morgan fingerprint density at radius 3 is 2.68 bits per heavy atom. The highest BCUT2D eigenvalue weighted by molar-refractivity contribution is 5.92. The maximum atomic E-state index is 12.9. The first-order chi connectivity index (χ1) is 11.6. The van der Waals surface area contributed by atoms with Crippen LogP contribution in [0.25, 0.3) is 0 Å². The lowest BCUT2D eigenvalue weighted by molar-refractivity contribution is 0.0592. The van der Waals surface area contributed by atoms with Crippen molar-refractivity contribution in [1.82, 2.24) is 15.4 Å². The van der Waals surface area contributed by atoms with Crippen LogP contribution in [0.5, 0.6) is 0 Å². The lowest BCUT2D eigenvalue weighted by Crippen LogP contribution is -2.48. The van der Waals surface area contributed by atoms with Gasteiger partial charge in [-0.3, -0.25) is 4.79 Å². The predicted octanol–water partition coefficient (Wildman–Crippen LogP) is 3.57. The summed E-state index contributed by atoms with van der Waals surface area (Å²) in [6.45, 7) is 8.42. The third-order valence-corrected chi connectivity index (χ3v) is 4.61. The van der Waals surface area contributed by atoms with Gasteiger partial charge >= 0.3 is 0 Å². The number of carbonyl (C=O) groups excluding carboxylic acids is 1. The molecule has 6 heteroatoms. The van der Waals surface area contributed by atoms with Crippen molar-refractivity contribution < 1.29 is 9.32 Å². The van der Waals surface area contributed by atoms with E-state index in [2.05, 4.69) is 41.7 Å². The van der Waals surface area contributed by atoms with E-state index in [0.717, 1.165) is 30.8 Å². The minimum atomic E-state index is -0.0829. The second kappa shape index (κ2) is 8.50. The molecule has 0 spiro atoms. The molecule has 136 valence electrons. The van der Waals surface area contributed by atoms with E-state index in [4.69, 9.17) is 4.52 Å². The fraction of sp³-hybridized carbons (Fsp3) is 0.474. The minimum Gasteiger partial charge on any atom is -0.351 e. The zero-order valence-electron chi connectivity index (χ0n) is 15.0. The molecular weight excluding hydrogens is 338 g/mol. The maximum Gasteiger partial charge on any atom is 0.293 e. The molecule has 1 aromatic heterocycles. The molecule has 0 saturated carbocycles. The van der Waals surface area contributed by atoms with Crippen molar-refractivity contribution in [3.8, 4) is 0 Å². The van der Waals surface area contributed by atoms with Crippen LogP contribution in [0.1, 0.15) is 60.1 Å². The zero-order valence-corrected chi connectivity index (χ0v) is 15.8. The van der Waals surface area contributed by atoms with Gasteiger partial charge in [0.1, 0.15) is 0 Å². The van der Waals surface area contributed by atoms with Gasteiger partial charge in [0.15, 0.2) is 0 Å². The summed E-state index contributed by atoms with van der Waals surface area (Å²) in [6, 6.07) is 10.3. The summed E-state index contributed by atoms with van der Waals surface area (Å²) in [7, 11) is 0. The number of aryl methyl sites for hydroxylation is 1. The van der Waals surface area contributed by atoms with E-state index >= 15 is 0 Å². The van der Waals surface area contributed by atoms with Gasteiger partial charge in [-0.25, -0.2) is 0 Å². The molecule has 1 fully saturated rings. The number of halogens is 1. The number of hydrogen-bond donors (Lipinski definition) is 1. The first-order valence-electron chi connectivity index (χ1n) is 8.67. The van der Waals surface area contributed by atoms with Gasteiger partial charge in [0.25, 0.3) is 5.91 Å². The van der Waals surface area contributed by atoms with Crippen molar-refractivity contribution in [3.63, 3.8) is 0 Å². The third-order valence-electron chi connectivity index (χ3n) is 4.61. The molecule has 2 aromatic rings. The van der Waals surface area contributed by atoms with Crippen molar-refractivity contribution in [1.29, 1.82) is 0 Å². The lowest BCUT2D eigenvalue weighted by atomic mass is 10.0. The molecule has 25 heavy (non-hydrogen) atoms. The van der Waals surface area contributed by atoms with E-state index in [-0.39, 0.29) is 30.3 Å². The van der Waals surface area contributed by atoms with Crippen LogP contribution < -0.4 is 5.32 Å². The molecule has 0 radical (unpaired) electrons. The van der Waals surface area contributed by atoms with E-state index < -0.39 is 0 Å². The average Bonchev–Trinajstić information content (AvgIpc) is 3.12. The summed E-state index contributed by atoms with van der Waals surface area (Å²) >= 11 is 0. The molecule has 1 amide bonds. The summed E-state index contributed by atoms with van der Waals surface area (Å²) in [5, 5.41) is 7.40. The van der Waals surface area contributed by atoms with Crippen molar-refractivity contribution in [2.24, 2.45) is 0 Å². The van der Waals surface area contributed by atoms with Crippen LogP contribution in [0.3, 0.4) is 0 Å². The van der Waals surface area contributed by atoms with Crippen LogP contribution in [0.15, 0.2) is 34.9 Å². The minimum absolute atomic E-state index is 0. The molecule has 1 aromatic carbocycles. The first-order valence-corrected chi connectivity index (χ1v) is 8.67. The Labute approximate surface area is 155 Å². The third kappa shape index (κ3) is 4.22. The number of nitrogens with zero attached hydrogens (tertiary/aromatic N) is 2. The standard InChI is InChI=1S/C19H25N3O2.ClH/c1-4-14-5-7-15(8-6-14)17-12-20-9-10-22(17)19(23)18-11-16(13(2)3)21-24-18;/h5-8,11,13,17,20H,4,9-10,12H2,1-3H3;1H. The number of amides is 1. The SMILES string of the molecule is CCc1ccc(C2CNCCN2C(=O)c2cc(C(C)C)no2)cc1.Cl. The Balaban J connectivity index is 0.00000225. The van der Waals surface area contributed by atoms with E-state index in [1.54, 1.807) is 6.07 Å². The molecule has 1 unspecified atom stereocenters. The number of carbonyl (C=O) groups is 1. The fourth-order valence-electron chi connectivity index (χ4n) is 3.02. The smallest absolute Gasteiger partial charge is 0.293 e. The van der Waals surface area contributed by atoms with Gasteiger partial charge in [0.05, 0.1) is 11.7 Å². The average molecular weight is 364 g/mol. The number of hydrogen-bond acceptors (Lipinski definition) is 4. The topological polar surface area (TPSA) is 58.4 Å². The second-order valence-corrected chi connectivity index (χ2v) is 6.58. The van der Waals surface area contributed by atoms with Crippen molar-refractivity contribution >= 4 is 18.3 Å². The zero-order chi connectivity index (χ0) is 17.1. The van der Waals surface area contributed by atoms with Crippen LogP contribution >= 0.6 is 12.4 Å². The molecule has 1 saturated heterocycles. The van der Waals surface area contributed by atoms with E-state index in [9.17, 15) is 4.79 Å². The maximum absolute atomic E-state index is 12.9. The van der Waals surface area contributed by atoms with Crippen LogP contribution in [0, 0.1) is 0 Å². The van der Waals surface area contributed by atoms with Crippen LogP contribution in [-0.4, -0.2) is 35.6 Å². The number of benzene rings is 1. The number of aromatic nitrogens is 1. The van der Waals surface area contributed by atoms with Crippen LogP contribution in [0.4, 0.5) is 0 Å². The Bertz CT molecular complexity index is 697. The highest BCUT2D eigenvalue weighted by Gasteiger charge is 2.30. The normalized spacial score (nSPS) is 17.4. The van der Waals surface area contributed by atoms with Gasteiger partial charge in [0, 0.05) is 25.7 Å². The summed E-state index contributed by atoms with van der Waals surface area (Å²) in [6.07, 6.45) is 1.02. The van der Waals surface area contributed by atoms with Gasteiger partial charge in [0.2, 0.25) is 5.76 Å². The molecule has 5 nitrogen and oxygen atoms in total. The molecule has 1 aliphatic rings. The molecule has 2 heterocycles. The van der Waals surface area contributed by atoms with E-state index in [0.29, 0.717) is 12.3 Å². The lowest BCUT2D eigenvalue weighted by Gasteiger charge is -2.36. The van der Waals surface area contributed by atoms with Crippen LogP contribution in [0.2, 0.25) is 0 Å². The molecule has 1 aliphatic heterocycles. The summed E-state index contributed by atoms with van der Waals surface area (Å²) in [4.78, 5) is 14.8. The Hall–Kier alpha value is -1.85. The van der Waals surface area contributed by atoms with Crippen molar-refractivity contribution in [3.05, 3.63) is 52.9 Å². The summed E-state index contributed by atoms with van der Waals surface area (Å²) in [5.41, 5.74) is 3.27. The molecule has 1 atom stereocenters. The van der Waals surface area contributed by atoms with Crippen molar-refractivity contribution in [2.75, 3.05) is 19.6 Å². The molecule has 0 bridgehead atoms. The van der Waals surface area contributed by atoms with E-state index in [1.807, 2.05) is 18.7 Å². The van der Waals surface area contributed by atoms with Gasteiger partial charge in [-0.1, -0.05) is 50.2 Å². The molecular formula is C19H26ClN3O2. The highest BCUT2D eigenvalue weighted by atomic mass is 35.5. The predicted molar refractivity (Wildman–Crippen MR) is 100 cm³/mol. The van der Waals surface area contributed by atoms with Gasteiger partial charge in [-0.2, -0.15) is 0 Å². The summed E-state index contributed by atoms with van der Waals surface area (Å²) in [5.74, 6) is 0.493. The Kier molecular flexibility index (Phi) is 6.62. The van der Waals surface area contributed by atoms with Crippen molar-refractivity contribution in [2.45, 2.75) is 39.2 Å². The number of rotatable bonds is 4. The summed E-state index contributed by atoms with van der Waals surface area (Å²) < 4.78 is 5.30. The quantitative estimate of drug-likeness (QED) is 0.902. The first kappa shape index (κ1) is 19.5. The van der Waals surface area contributed by atoms with Gasteiger partial charge in [-0.15, -0.1) is 12.4 Å². The monoisotopic (exact) mass is 363 g/mol. The molecule has 3 rings (SSSR count). The second-order valence-electron chi connectivity index (χ2n) is 6.58. The Morgan fingerprint density at radius 2 is 2.08 bits per heavy atom.